The van der Waals surface area contributed by atoms with Gasteiger partial charge in [-0.25, -0.2) is 0 Å². The number of likely N-dealkylation sites (N-methyl/N-ethyl adjacent to an activating group) is 1. The Morgan fingerprint density at radius 1 is 1.25 bits per heavy atom. The van der Waals surface area contributed by atoms with Gasteiger partial charge in [0.2, 0.25) is 5.91 Å². The van der Waals surface area contributed by atoms with E-state index in [9.17, 15) is 9.59 Å². The first-order chi connectivity index (χ1) is 7.54. The van der Waals surface area contributed by atoms with Crippen molar-refractivity contribution >= 4 is 23.3 Å². The van der Waals surface area contributed by atoms with Gasteiger partial charge in [-0.3, -0.25) is 9.59 Å². The zero-order chi connectivity index (χ0) is 12.1. The maximum atomic E-state index is 11.8. The van der Waals surface area contributed by atoms with Gasteiger partial charge in [0, 0.05) is 24.1 Å². The Hall–Kier alpha value is -1.35. The summed E-state index contributed by atoms with van der Waals surface area (Å²) < 4.78 is 0. The molecule has 0 radical (unpaired) electrons. The van der Waals surface area contributed by atoms with Crippen LogP contribution in [0.5, 0.6) is 0 Å². The van der Waals surface area contributed by atoms with Crippen molar-refractivity contribution in [1.82, 2.24) is 4.90 Å². The molecule has 0 spiro atoms. The van der Waals surface area contributed by atoms with Crippen molar-refractivity contribution in [3.63, 3.8) is 0 Å². The molecule has 0 saturated heterocycles. The minimum Gasteiger partial charge on any atom is -0.336 e. The summed E-state index contributed by atoms with van der Waals surface area (Å²) in [4.78, 5) is 24.4. The third-order valence-corrected chi connectivity index (χ3v) is 2.58. The maximum absolute atomic E-state index is 11.8. The summed E-state index contributed by atoms with van der Waals surface area (Å²) in [5, 5.41) is 0.593. The second-order valence-electron chi connectivity index (χ2n) is 3.46. The molecule has 0 fully saturated rings. The topological polar surface area (TPSA) is 37.4 Å². The van der Waals surface area contributed by atoms with E-state index in [0.29, 0.717) is 17.1 Å². The van der Waals surface area contributed by atoms with Gasteiger partial charge in [-0.15, -0.1) is 0 Å². The van der Waals surface area contributed by atoms with Gasteiger partial charge < -0.3 is 4.90 Å². The maximum Gasteiger partial charge on any atom is 0.219 e. The van der Waals surface area contributed by atoms with E-state index in [0.717, 1.165) is 0 Å². The van der Waals surface area contributed by atoms with Crippen LogP contribution in [0.1, 0.15) is 24.2 Å². The minimum absolute atomic E-state index is 0.0753. The van der Waals surface area contributed by atoms with Crippen LogP contribution in [0.3, 0.4) is 0 Å². The molecule has 4 heteroatoms. The van der Waals surface area contributed by atoms with Crippen LogP contribution in [-0.4, -0.2) is 29.7 Å². The number of ketones is 1. The highest BCUT2D eigenvalue weighted by Crippen LogP contribution is 2.10. The van der Waals surface area contributed by atoms with Crippen LogP contribution in [0.15, 0.2) is 24.3 Å². The molecule has 0 aliphatic heterocycles. The van der Waals surface area contributed by atoms with E-state index in [1.807, 2.05) is 6.92 Å². The minimum atomic E-state index is -0.0928. The molecule has 0 aliphatic carbocycles. The summed E-state index contributed by atoms with van der Waals surface area (Å²) in [6.45, 7) is 3.96. The Morgan fingerprint density at radius 2 is 1.81 bits per heavy atom. The molecule has 0 bridgehead atoms. The number of nitrogens with zero attached hydrogens (tertiary/aromatic N) is 1. The van der Waals surface area contributed by atoms with Gasteiger partial charge in [-0.05, 0) is 31.2 Å². The van der Waals surface area contributed by atoms with Crippen molar-refractivity contribution < 1.29 is 9.59 Å². The molecule has 16 heavy (non-hydrogen) atoms. The molecular formula is C12H14ClNO2. The SMILES string of the molecule is CCN(CC(=O)c1ccc(Cl)cc1)C(C)=O. The fraction of sp³-hybridized carbons (Fsp3) is 0.333. The smallest absolute Gasteiger partial charge is 0.219 e. The standard InChI is InChI=1S/C12H14ClNO2/c1-3-14(9(2)15)8-12(16)10-4-6-11(13)7-5-10/h4-7H,3,8H2,1-2H3. The lowest BCUT2D eigenvalue weighted by molar-refractivity contribution is -0.128. The Kier molecular flexibility index (Phi) is 4.50. The van der Waals surface area contributed by atoms with Crippen LogP contribution in [0.4, 0.5) is 0 Å². The van der Waals surface area contributed by atoms with Crippen molar-refractivity contribution in [2.75, 3.05) is 13.1 Å². The highest BCUT2D eigenvalue weighted by molar-refractivity contribution is 6.30. The Balaban J connectivity index is 2.71. The molecule has 1 rings (SSSR count). The third kappa shape index (κ3) is 3.35. The number of carbonyl (C=O) groups excluding carboxylic acids is 2. The van der Waals surface area contributed by atoms with Gasteiger partial charge in [0.15, 0.2) is 5.78 Å². The van der Waals surface area contributed by atoms with Crippen LogP contribution in [0.25, 0.3) is 0 Å². The lowest BCUT2D eigenvalue weighted by atomic mass is 10.1. The Morgan fingerprint density at radius 3 is 2.25 bits per heavy atom. The molecule has 1 aromatic carbocycles. The van der Waals surface area contributed by atoms with Crippen molar-refractivity contribution in [3.05, 3.63) is 34.9 Å². The average Bonchev–Trinajstić information content (AvgIpc) is 2.26. The fourth-order valence-corrected chi connectivity index (χ4v) is 1.47. The number of Topliss-reactive ketones (excluding diaryl/α,β-unsaturated/α-hetero) is 1. The van der Waals surface area contributed by atoms with Gasteiger partial charge in [-0.1, -0.05) is 11.6 Å². The Bertz CT molecular complexity index is 387. The van der Waals surface area contributed by atoms with Crippen LogP contribution in [0, 0.1) is 0 Å². The summed E-state index contributed by atoms with van der Waals surface area (Å²) in [7, 11) is 0. The quantitative estimate of drug-likeness (QED) is 0.757. The van der Waals surface area contributed by atoms with Crippen LogP contribution < -0.4 is 0 Å². The number of carbonyl (C=O) groups is 2. The summed E-state index contributed by atoms with van der Waals surface area (Å²) in [5.41, 5.74) is 0.573. The highest BCUT2D eigenvalue weighted by atomic mass is 35.5. The van der Waals surface area contributed by atoms with E-state index in [4.69, 9.17) is 11.6 Å². The first-order valence-corrected chi connectivity index (χ1v) is 5.46. The van der Waals surface area contributed by atoms with E-state index < -0.39 is 0 Å². The van der Waals surface area contributed by atoms with Crippen LogP contribution in [0.2, 0.25) is 5.02 Å². The van der Waals surface area contributed by atoms with Gasteiger partial charge in [0.05, 0.1) is 6.54 Å². The molecule has 0 unspecified atom stereocenters. The van der Waals surface area contributed by atoms with Crippen molar-refractivity contribution in [3.8, 4) is 0 Å². The molecule has 1 amide bonds. The second kappa shape index (κ2) is 5.66. The summed E-state index contributed by atoms with van der Waals surface area (Å²) in [5.74, 6) is -0.168. The van der Waals surface area contributed by atoms with Crippen molar-refractivity contribution in [1.29, 1.82) is 0 Å². The van der Waals surface area contributed by atoms with Gasteiger partial charge in [-0.2, -0.15) is 0 Å². The molecule has 1 aromatic rings. The van der Waals surface area contributed by atoms with Crippen molar-refractivity contribution in [2.45, 2.75) is 13.8 Å². The third-order valence-electron chi connectivity index (χ3n) is 2.33. The van der Waals surface area contributed by atoms with E-state index in [1.54, 1.807) is 24.3 Å². The Labute approximate surface area is 100 Å². The first-order valence-electron chi connectivity index (χ1n) is 5.09. The molecule has 0 aromatic heterocycles. The molecule has 86 valence electrons. The number of rotatable bonds is 4. The predicted octanol–water partition coefficient (Wildman–Crippen LogP) is 2.39. The van der Waals surface area contributed by atoms with E-state index in [2.05, 4.69) is 0 Å². The average molecular weight is 240 g/mol. The molecule has 0 aliphatic rings. The number of benzene rings is 1. The number of halogens is 1. The molecule has 3 nitrogen and oxygen atoms in total. The predicted molar refractivity (Wildman–Crippen MR) is 63.7 cm³/mol. The summed E-state index contributed by atoms with van der Waals surface area (Å²) >= 11 is 5.72. The van der Waals surface area contributed by atoms with E-state index in [-0.39, 0.29) is 18.2 Å². The zero-order valence-corrected chi connectivity index (χ0v) is 10.1. The van der Waals surface area contributed by atoms with Crippen LogP contribution in [-0.2, 0) is 4.79 Å². The van der Waals surface area contributed by atoms with Crippen LogP contribution >= 0.6 is 11.6 Å². The first kappa shape index (κ1) is 12.7. The lowest BCUT2D eigenvalue weighted by Gasteiger charge is -2.17. The number of amides is 1. The lowest BCUT2D eigenvalue weighted by Crippen LogP contribution is -2.33. The number of hydrogen-bond donors (Lipinski definition) is 0. The summed E-state index contributed by atoms with van der Waals surface area (Å²) in [6.07, 6.45) is 0. The monoisotopic (exact) mass is 239 g/mol. The normalized spacial score (nSPS) is 9.94. The van der Waals surface area contributed by atoms with E-state index >= 15 is 0 Å². The summed E-state index contributed by atoms with van der Waals surface area (Å²) in [6, 6.07) is 6.66. The van der Waals surface area contributed by atoms with E-state index in [1.165, 1.54) is 11.8 Å². The number of hydrogen-bond acceptors (Lipinski definition) is 2. The highest BCUT2D eigenvalue weighted by Gasteiger charge is 2.12. The molecule has 0 heterocycles. The molecule has 0 N–H and O–H groups in total. The van der Waals surface area contributed by atoms with Gasteiger partial charge in [0.25, 0.3) is 0 Å². The second-order valence-corrected chi connectivity index (χ2v) is 3.90. The van der Waals surface area contributed by atoms with Gasteiger partial charge >= 0.3 is 0 Å². The fourth-order valence-electron chi connectivity index (χ4n) is 1.35. The largest absolute Gasteiger partial charge is 0.336 e. The zero-order valence-electron chi connectivity index (χ0n) is 9.37. The molecule has 0 saturated carbocycles. The van der Waals surface area contributed by atoms with Gasteiger partial charge in [0.1, 0.15) is 0 Å². The molecular weight excluding hydrogens is 226 g/mol. The molecule has 0 atom stereocenters. The van der Waals surface area contributed by atoms with Crippen molar-refractivity contribution in [2.24, 2.45) is 0 Å².